The SMILES string of the molecule is CC1=CC(C)(C)C(C(=O)NC(=O)c2ccccc2)CC1. The number of rotatable bonds is 2. The summed E-state index contributed by atoms with van der Waals surface area (Å²) in [5.41, 5.74) is 1.62. The molecule has 1 aromatic carbocycles. The molecular formula is C17H21NO2. The molecule has 2 amide bonds. The van der Waals surface area contributed by atoms with E-state index in [1.165, 1.54) is 5.57 Å². The maximum absolute atomic E-state index is 12.3. The number of carbonyl (C=O) groups is 2. The van der Waals surface area contributed by atoms with E-state index in [9.17, 15) is 9.59 Å². The summed E-state index contributed by atoms with van der Waals surface area (Å²) in [5.74, 6) is -0.649. The van der Waals surface area contributed by atoms with Crippen LogP contribution >= 0.6 is 0 Å². The van der Waals surface area contributed by atoms with Crippen LogP contribution in [0.5, 0.6) is 0 Å². The highest BCUT2D eigenvalue weighted by Gasteiger charge is 2.36. The molecule has 3 heteroatoms. The lowest BCUT2D eigenvalue weighted by Gasteiger charge is -2.35. The van der Waals surface area contributed by atoms with E-state index >= 15 is 0 Å². The van der Waals surface area contributed by atoms with Gasteiger partial charge in [-0.15, -0.1) is 0 Å². The molecule has 0 heterocycles. The van der Waals surface area contributed by atoms with Crippen LogP contribution in [0.2, 0.25) is 0 Å². The van der Waals surface area contributed by atoms with Gasteiger partial charge in [0.25, 0.3) is 5.91 Å². The number of hydrogen-bond acceptors (Lipinski definition) is 2. The summed E-state index contributed by atoms with van der Waals surface area (Å²) in [6.45, 7) is 6.19. The van der Waals surface area contributed by atoms with Crippen molar-refractivity contribution >= 4 is 11.8 Å². The molecule has 0 radical (unpaired) electrons. The van der Waals surface area contributed by atoms with Gasteiger partial charge in [0.05, 0.1) is 0 Å². The Bertz CT molecular complexity index is 543. The van der Waals surface area contributed by atoms with Crippen LogP contribution < -0.4 is 5.32 Å². The first-order valence-electron chi connectivity index (χ1n) is 6.99. The lowest BCUT2D eigenvalue weighted by Crippen LogP contribution is -2.42. The van der Waals surface area contributed by atoms with E-state index in [1.807, 2.05) is 19.9 Å². The van der Waals surface area contributed by atoms with Gasteiger partial charge in [-0.1, -0.05) is 43.7 Å². The molecule has 3 nitrogen and oxygen atoms in total. The molecular weight excluding hydrogens is 250 g/mol. The van der Waals surface area contributed by atoms with Crippen molar-refractivity contribution in [2.24, 2.45) is 11.3 Å². The van der Waals surface area contributed by atoms with E-state index in [2.05, 4.69) is 18.3 Å². The maximum Gasteiger partial charge on any atom is 0.257 e. The summed E-state index contributed by atoms with van der Waals surface area (Å²) in [5, 5.41) is 2.53. The zero-order valence-electron chi connectivity index (χ0n) is 12.3. The van der Waals surface area contributed by atoms with Crippen LogP contribution in [0, 0.1) is 11.3 Å². The fraction of sp³-hybridized carbons (Fsp3) is 0.412. The van der Waals surface area contributed by atoms with E-state index in [0.717, 1.165) is 12.8 Å². The number of amides is 2. The molecule has 0 aliphatic heterocycles. The third-order valence-electron chi connectivity index (χ3n) is 3.93. The normalized spacial score (nSPS) is 20.9. The average Bonchev–Trinajstić information content (AvgIpc) is 2.38. The summed E-state index contributed by atoms with van der Waals surface area (Å²) < 4.78 is 0. The second-order valence-corrected chi connectivity index (χ2v) is 6.09. The molecule has 1 atom stereocenters. The van der Waals surface area contributed by atoms with Crippen LogP contribution in [0.1, 0.15) is 44.0 Å². The quantitative estimate of drug-likeness (QED) is 0.662. The molecule has 1 aliphatic carbocycles. The Morgan fingerprint density at radius 1 is 1.20 bits per heavy atom. The van der Waals surface area contributed by atoms with Gasteiger partial charge in [-0.2, -0.15) is 0 Å². The lowest BCUT2D eigenvalue weighted by molar-refractivity contribution is -0.127. The van der Waals surface area contributed by atoms with Gasteiger partial charge in [-0.25, -0.2) is 0 Å². The molecule has 2 rings (SSSR count). The zero-order valence-corrected chi connectivity index (χ0v) is 12.3. The van der Waals surface area contributed by atoms with Crippen LogP contribution in [0.3, 0.4) is 0 Å². The minimum atomic E-state index is -0.322. The predicted octanol–water partition coefficient (Wildman–Crippen LogP) is 3.33. The number of imide groups is 1. The van der Waals surface area contributed by atoms with Gasteiger partial charge in [-0.3, -0.25) is 14.9 Å². The largest absolute Gasteiger partial charge is 0.292 e. The first kappa shape index (κ1) is 14.5. The Morgan fingerprint density at radius 2 is 1.85 bits per heavy atom. The van der Waals surface area contributed by atoms with Crippen molar-refractivity contribution in [3.05, 3.63) is 47.5 Å². The second kappa shape index (κ2) is 5.61. The molecule has 0 aromatic heterocycles. The number of allylic oxidation sites excluding steroid dienone is 2. The van der Waals surface area contributed by atoms with Gasteiger partial charge >= 0.3 is 0 Å². The molecule has 1 aromatic rings. The average molecular weight is 271 g/mol. The Balaban J connectivity index is 2.08. The van der Waals surface area contributed by atoms with Gasteiger partial charge in [0, 0.05) is 11.5 Å². The summed E-state index contributed by atoms with van der Waals surface area (Å²) in [7, 11) is 0. The molecule has 1 N–H and O–H groups in total. The Kier molecular flexibility index (Phi) is 4.07. The van der Waals surface area contributed by atoms with Gasteiger partial charge in [-0.05, 0) is 37.3 Å². The molecule has 0 saturated carbocycles. The van der Waals surface area contributed by atoms with Crippen molar-refractivity contribution in [3.63, 3.8) is 0 Å². The van der Waals surface area contributed by atoms with E-state index in [1.54, 1.807) is 24.3 Å². The molecule has 1 aliphatic rings. The highest BCUT2D eigenvalue weighted by atomic mass is 16.2. The van der Waals surface area contributed by atoms with Crippen molar-refractivity contribution < 1.29 is 9.59 Å². The predicted molar refractivity (Wildman–Crippen MR) is 79.2 cm³/mol. The van der Waals surface area contributed by atoms with Crippen LogP contribution in [0.15, 0.2) is 42.0 Å². The summed E-state index contributed by atoms with van der Waals surface area (Å²) in [4.78, 5) is 24.4. The first-order valence-corrected chi connectivity index (χ1v) is 6.99. The van der Waals surface area contributed by atoms with Crippen LogP contribution in [0.25, 0.3) is 0 Å². The Labute approximate surface area is 120 Å². The summed E-state index contributed by atoms with van der Waals surface area (Å²) in [6.07, 6.45) is 3.86. The van der Waals surface area contributed by atoms with Crippen LogP contribution in [-0.2, 0) is 4.79 Å². The van der Waals surface area contributed by atoms with Crippen molar-refractivity contribution in [2.45, 2.75) is 33.6 Å². The fourth-order valence-corrected chi connectivity index (χ4v) is 2.88. The van der Waals surface area contributed by atoms with Gasteiger partial charge < -0.3 is 0 Å². The Morgan fingerprint density at radius 3 is 2.45 bits per heavy atom. The maximum atomic E-state index is 12.3. The molecule has 0 fully saturated rings. The molecule has 0 spiro atoms. The van der Waals surface area contributed by atoms with Crippen molar-refractivity contribution in [1.82, 2.24) is 5.32 Å². The number of hydrogen-bond donors (Lipinski definition) is 1. The fourth-order valence-electron chi connectivity index (χ4n) is 2.88. The molecule has 0 bridgehead atoms. The van der Waals surface area contributed by atoms with E-state index in [4.69, 9.17) is 0 Å². The number of benzene rings is 1. The molecule has 106 valence electrons. The molecule has 0 saturated heterocycles. The van der Waals surface area contributed by atoms with E-state index in [-0.39, 0.29) is 23.1 Å². The highest BCUT2D eigenvalue weighted by molar-refractivity contribution is 6.05. The topological polar surface area (TPSA) is 46.2 Å². The number of carbonyl (C=O) groups excluding carboxylic acids is 2. The minimum Gasteiger partial charge on any atom is -0.292 e. The highest BCUT2D eigenvalue weighted by Crippen LogP contribution is 2.38. The van der Waals surface area contributed by atoms with Crippen molar-refractivity contribution in [2.75, 3.05) is 0 Å². The third kappa shape index (κ3) is 3.16. The first-order chi connectivity index (χ1) is 9.40. The smallest absolute Gasteiger partial charge is 0.257 e. The van der Waals surface area contributed by atoms with E-state index < -0.39 is 0 Å². The van der Waals surface area contributed by atoms with Crippen molar-refractivity contribution in [3.8, 4) is 0 Å². The lowest BCUT2D eigenvalue weighted by atomic mass is 9.70. The van der Waals surface area contributed by atoms with Crippen molar-refractivity contribution in [1.29, 1.82) is 0 Å². The zero-order chi connectivity index (χ0) is 14.8. The van der Waals surface area contributed by atoms with E-state index in [0.29, 0.717) is 5.56 Å². The van der Waals surface area contributed by atoms with Gasteiger partial charge in [0.15, 0.2) is 0 Å². The monoisotopic (exact) mass is 271 g/mol. The standard InChI is InChI=1S/C17H21NO2/c1-12-9-10-14(17(2,3)11-12)16(20)18-15(19)13-7-5-4-6-8-13/h4-8,11,14H,9-10H2,1-3H3,(H,18,19,20). The molecule has 20 heavy (non-hydrogen) atoms. The summed E-state index contributed by atoms with van der Waals surface area (Å²) in [6, 6.07) is 8.83. The van der Waals surface area contributed by atoms with Crippen LogP contribution in [-0.4, -0.2) is 11.8 Å². The Hall–Kier alpha value is -1.90. The van der Waals surface area contributed by atoms with Crippen LogP contribution in [0.4, 0.5) is 0 Å². The minimum absolute atomic E-state index is 0.154. The molecule has 1 unspecified atom stereocenters. The van der Waals surface area contributed by atoms with Gasteiger partial charge in [0.2, 0.25) is 5.91 Å². The second-order valence-electron chi connectivity index (χ2n) is 6.09. The summed E-state index contributed by atoms with van der Waals surface area (Å²) >= 11 is 0. The number of nitrogens with one attached hydrogen (secondary N) is 1. The van der Waals surface area contributed by atoms with Gasteiger partial charge in [0.1, 0.15) is 0 Å². The third-order valence-corrected chi connectivity index (χ3v) is 3.93.